The number of benzene rings is 3. The standard InChI is InChI=1S/C16H14P.C9H7.2FH.Zr/c1-12-11-13-7-5-6-10-15(13)16(12)17-14-8-3-2-4-9-14;1-2-5-9-7-3-6-8(9)4-1;;;/h2-11,17H,1H3;1-7H;2*1H;/q;;;;+2/p-2. The van der Waals surface area contributed by atoms with Crippen LogP contribution < -0.4 is 14.7 Å². The van der Waals surface area contributed by atoms with Gasteiger partial charge >= 0.3 is 175 Å². The third-order valence-electron chi connectivity index (χ3n) is 5.56. The summed E-state index contributed by atoms with van der Waals surface area (Å²) in [5.74, 6) is 0. The molecule has 3 aromatic rings. The van der Waals surface area contributed by atoms with Crippen LogP contribution >= 0.6 is 8.58 Å². The second-order valence-corrected chi connectivity index (χ2v) is 12.3. The molecule has 0 saturated heterocycles. The molecule has 2 aliphatic rings. The van der Waals surface area contributed by atoms with Gasteiger partial charge in [0.1, 0.15) is 0 Å². The molecular weight excluding hydrogens is 460 g/mol. The molecule has 0 spiro atoms. The molecule has 3 unspecified atom stereocenters. The van der Waals surface area contributed by atoms with Crippen LogP contribution in [0.15, 0.2) is 90.5 Å². The van der Waals surface area contributed by atoms with Gasteiger partial charge in [0.15, 0.2) is 0 Å². The van der Waals surface area contributed by atoms with Crippen LogP contribution in [-0.2, 0) is 23.2 Å². The minimum absolute atomic E-state index is 0. The smallest absolute Gasteiger partial charge is 1.00 e. The summed E-state index contributed by atoms with van der Waals surface area (Å²) in [6.45, 7) is 2.40. The Morgan fingerprint density at radius 2 is 1.41 bits per heavy atom. The minimum Gasteiger partial charge on any atom is -1.00 e. The summed E-state index contributed by atoms with van der Waals surface area (Å²) in [6.07, 6.45) is 4.82. The monoisotopic (exact) mass is 480 g/mol. The predicted molar refractivity (Wildman–Crippen MR) is 114 cm³/mol. The fourth-order valence-electron chi connectivity index (χ4n) is 4.19. The first-order valence-electron chi connectivity index (χ1n) is 9.46. The molecular formula is C25H21F2PZr. The number of fused-ring (bicyclic) bond motifs is 2. The van der Waals surface area contributed by atoms with Crippen molar-refractivity contribution in [2.24, 2.45) is 0 Å². The predicted octanol–water partition coefficient (Wildman–Crippen LogP) is 0.335. The zero-order valence-electron chi connectivity index (χ0n) is 16.1. The van der Waals surface area contributed by atoms with Crippen LogP contribution in [0.5, 0.6) is 0 Å². The van der Waals surface area contributed by atoms with Crippen molar-refractivity contribution in [1.29, 1.82) is 0 Å². The van der Waals surface area contributed by atoms with Crippen molar-refractivity contribution in [1.82, 2.24) is 0 Å². The van der Waals surface area contributed by atoms with Crippen LogP contribution in [0.4, 0.5) is 0 Å². The molecule has 0 bridgehead atoms. The van der Waals surface area contributed by atoms with Crippen molar-refractivity contribution >= 4 is 25.3 Å². The van der Waals surface area contributed by atoms with Gasteiger partial charge in [-0.1, -0.05) is 0 Å². The quantitative estimate of drug-likeness (QED) is 0.472. The Morgan fingerprint density at radius 3 is 2.21 bits per heavy atom. The summed E-state index contributed by atoms with van der Waals surface area (Å²) in [5.41, 5.74) is 7.75. The first-order valence-corrected chi connectivity index (χ1v) is 13.3. The van der Waals surface area contributed by atoms with Crippen molar-refractivity contribution in [2.75, 3.05) is 0 Å². The Labute approximate surface area is 184 Å². The average molecular weight is 482 g/mol. The number of hydrogen-bond donors (Lipinski definition) is 0. The van der Waals surface area contributed by atoms with Gasteiger partial charge in [-0.25, -0.2) is 0 Å². The van der Waals surface area contributed by atoms with Crippen molar-refractivity contribution in [3.8, 4) is 0 Å². The Hall–Kier alpha value is -1.69. The molecule has 0 heterocycles. The van der Waals surface area contributed by atoms with E-state index >= 15 is 0 Å². The molecule has 29 heavy (non-hydrogen) atoms. The molecule has 4 heteroatoms. The van der Waals surface area contributed by atoms with Crippen molar-refractivity contribution in [3.05, 3.63) is 113 Å². The normalized spacial score (nSPS) is 18.8. The fraction of sp³-hybridized carbons (Fsp3) is 0.120. The van der Waals surface area contributed by atoms with E-state index in [1.54, 1.807) is 22.0 Å². The fourth-order valence-corrected chi connectivity index (χ4v) is 10.4. The van der Waals surface area contributed by atoms with E-state index < -0.39 is 23.2 Å². The van der Waals surface area contributed by atoms with Gasteiger partial charge in [-0.3, -0.25) is 0 Å². The SMILES string of the molecule is CC1=C(Pc2ccccc2)c2ccccc2[CH]1[Zr+2][CH]1C=Cc2ccccc21.[F-].[F-]. The molecule has 0 amide bonds. The second kappa shape index (κ2) is 9.42. The molecule has 144 valence electrons. The van der Waals surface area contributed by atoms with Crippen LogP contribution in [-0.4, -0.2) is 0 Å². The van der Waals surface area contributed by atoms with E-state index in [2.05, 4.69) is 97.9 Å². The van der Waals surface area contributed by atoms with Crippen LogP contribution in [0.2, 0.25) is 0 Å². The topological polar surface area (TPSA) is 0 Å². The van der Waals surface area contributed by atoms with E-state index in [4.69, 9.17) is 0 Å². The Morgan fingerprint density at radius 1 is 0.759 bits per heavy atom. The van der Waals surface area contributed by atoms with Crippen molar-refractivity contribution in [2.45, 2.75) is 14.2 Å². The van der Waals surface area contributed by atoms with E-state index in [1.807, 2.05) is 0 Å². The molecule has 2 aliphatic carbocycles. The number of rotatable bonds is 4. The maximum atomic E-state index is 2.48. The molecule has 3 atom stereocenters. The molecule has 0 saturated carbocycles. The molecule has 0 radical (unpaired) electrons. The second-order valence-electron chi connectivity index (χ2n) is 7.20. The zero-order valence-corrected chi connectivity index (χ0v) is 19.5. The molecule has 0 nitrogen and oxygen atoms in total. The Bertz CT molecular complexity index is 1060. The van der Waals surface area contributed by atoms with Gasteiger partial charge in [-0.05, 0) is 0 Å². The molecule has 0 aliphatic heterocycles. The van der Waals surface area contributed by atoms with Gasteiger partial charge in [0, 0.05) is 0 Å². The van der Waals surface area contributed by atoms with Gasteiger partial charge < -0.3 is 9.41 Å². The first-order chi connectivity index (χ1) is 13.3. The maximum Gasteiger partial charge on any atom is -1.00 e. The third kappa shape index (κ3) is 4.14. The maximum absolute atomic E-state index is 2.48. The number of halogens is 2. The Kier molecular flexibility index (Phi) is 7.15. The van der Waals surface area contributed by atoms with E-state index in [9.17, 15) is 0 Å². The summed E-state index contributed by atoms with van der Waals surface area (Å²) in [6, 6.07) is 29.1. The van der Waals surface area contributed by atoms with Crippen LogP contribution in [0, 0.1) is 0 Å². The van der Waals surface area contributed by atoms with Crippen LogP contribution in [0.3, 0.4) is 0 Å². The van der Waals surface area contributed by atoms with E-state index in [0.717, 1.165) is 8.58 Å². The van der Waals surface area contributed by atoms with Gasteiger partial charge in [0.05, 0.1) is 0 Å². The number of allylic oxidation sites excluding steroid dienone is 2. The molecule has 0 N–H and O–H groups in total. The van der Waals surface area contributed by atoms with Crippen molar-refractivity contribution < 1.29 is 32.6 Å². The summed E-state index contributed by atoms with van der Waals surface area (Å²) in [5, 5.41) is 3.04. The molecule has 0 aromatic heterocycles. The summed E-state index contributed by atoms with van der Waals surface area (Å²) >= 11 is -0.704. The third-order valence-corrected chi connectivity index (χ3v) is 11.9. The van der Waals surface area contributed by atoms with Gasteiger partial charge in [0.25, 0.3) is 0 Å². The molecule has 3 aromatic carbocycles. The van der Waals surface area contributed by atoms with Gasteiger partial charge in [-0.15, -0.1) is 0 Å². The first kappa shape index (κ1) is 22.0. The summed E-state index contributed by atoms with van der Waals surface area (Å²) < 4.78 is 1.38. The zero-order chi connectivity index (χ0) is 18.2. The van der Waals surface area contributed by atoms with Gasteiger partial charge in [0.2, 0.25) is 0 Å². The van der Waals surface area contributed by atoms with E-state index in [-0.39, 0.29) is 9.41 Å². The Balaban J connectivity index is 0.00000120. The van der Waals surface area contributed by atoms with E-state index in [0.29, 0.717) is 7.25 Å². The van der Waals surface area contributed by atoms with Crippen LogP contribution in [0.1, 0.15) is 36.4 Å². The van der Waals surface area contributed by atoms with E-state index in [1.165, 1.54) is 16.4 Å². The number of hydrogen-bond acceptors (Lipinski definition) is 0. The largest absolute Gasteiger partial charge is 1.00 e. The molecule has 0 fully saturated rings. The van der Waals surface area contributed by atoms with Gasteiger partial charge in [-0.2, -0.15) is 0 Å². The van der Waals surface area contributed by atoms with Crippen molar-refractivity contribution in [3.63, 3.8) is 0 Å². The summed E-state index contributed by atoms with van der Waals surface area (Å²) in [4.78, 5) is 0. The minimum atomic E-state index is -0.704. The average Bonchev–Trinajstić information content (AvgIpc) is 3.24. The van der Waals surface area contributed by atoms with Crippen LogP contribution in [0.25, 0.3) is 11.4 Å². The molecule has 5 rings (SSSR count). The summed E-state index contributed by atoms with van der Waals surface area (Å²) in [7, 11) is 0.757.